The Balaban J connectivity index is 2.06. The number of hydrogen-bond acceptors (Lipinski definition) is 5. The minimum atomic E-state index is -0.680. The van der Waals surface area contributed by atoms with E-state index in [2.05, 4.69) is 0 Å². The van der Waals surface area contributed by atoms with Gasteiger partial charge in [0.25, 0.3) is 5.91 Å². The zero-order chi connectivity index (χ0) is 19.3. The van der Waals surface area contributed by atoms with E-state index >= 15 is 0 Å². The molecule has 0 radical (unpaired) electrons. The maximum atomic E-state index is 12.5. The van der Waals surface area contributed by atoms with E-state index in [4.69, 9.17) is 9.15 Å². The molecule has 2 aromatic rings. The fourth-order valence-corrected chi connectivity index (χ4v) is 2.68. The summed E-state index contributed by atoms with van der Waals surface area (Å²) >= 11 is 0. The lowest BCUT2D eigenvalue weighted by atomic mass is 10.1. The van der Waals surface area contributed by atoms with Crippen LogP contribution in [0.3, 0.4) is 0 Å². The number of rotatable bonds is 6. The summed E-state index contributed by atoms with van der Waals surface area (Å²) in [5, 5.41) is 0. The predicted molar refractivity (Wildman–Crippen MR) is 96.9 cm³/mol. The number of carbonyl (C=O) groups is 2. The molecule has 0 aliphatic carbocycles. The Hall–Kier alpha value is -2.89. The molecule has 0 aliphatic rings. The van der Waals surface area contributed by atoms with E-state index in [1.807, 2.05) is 44.2 Å². The molecule has 6 heteroatoms. The zero-order valence-electron chi connectivity index (χ0n) is 15.4. The number of nitrogens with zero attached hydrogens (tertiary/aromatic N) is 1. The van der Waals surface area contributed by atoms with Gasteiger partial charge in [-0.05, 0) is 38.8 Å². The molecule has 0 fully saturated rings. The van der Waals surface area contributed by atoms with E-state index in [1.54, 1.807) is 11.8 Å². The van der Waals surface area contributed by atoms with Gasteiger partial charge in [-0.15, -0.1) is 0 Å². The summed E-state index contributed by atoms with van der Waals surface area (Å²) in [5.74, 6) is -0.789. The van der Waals surface area contributed by atoms with E-state index < -0.39 is 11.6 Å². The highest BCUT2D eigenvalue weighted by Crippen LogP contribution is 2.13. The fraction of sp³-hybridized carbons (Fsp3) is 0.350. The van der Waals surface area contributed by atoms with Crippen molar-refractivity contribution in [3.63, 3.8) is 0 Å². The Labute approximate surface area is 152 Å². The van der Waals surface area contributed by atoms with E-state index in [-0.39, 0.29) is 29.9 Å². The summed E-state index contributed by atoms with van der Waals surface area (Å²) in [6.45, 7) is 7.02. The van der Waals surface area contributed by atoms with Crippen molar-refractivity contribution in [3.8, 4) is 0 Å². The first-order valence-corrected chi connectivity index (χ1v) is 8.41. The molecular formula is C20H23NO5. The highest BCUT2D eigenvalue weighted by atomic mass is 16.5. The minimum absolute atomic E-state index is 0.0420. The molecular weight excluding hydrogens is 334 g/mol. The van der Waals surface area contributed by atoms with Gasteiger partial charge in [-0.3, -0.25) is 4.79 Å². The molecule has 0 saturated carbocycles. The molecule has 0 spiro atoms. The van der Waals surface area contributed by atoms with Gasteiger partial charge < -0.3 is 14.1 Å². The summed E-state index contributed by atoms with van der Waals surface area (Å²) in [6.07, 6.45) is 0. The molecule has 1 aromatic carbocycles. The predicted octanol–water partition coefficient (Wildman–Crippen LogP) is 2.85. The second kappa shape index (κ2) is 8.47. The van der Waals surface area contributed by atoms with Crippen molar-refractivity contribution in [2.45, 2.75) is 40.3 Å². The number of esters is 1. The van der Waals surface area contributed by atoms with Gasteiger partial charge in [0.05, 0.1) is 0 Å². The number of hydrogen-bond donors (Lipinski definition) is 0. The Morgan fingerprint density at radius 2 is 1.81 bits per heavy atom. The van der Waals surface area contributed by atoms with Gasteiger partial charge in [0.2, 0.25) is 0 Å². The van der Waals surface area contributed by atoms with E-state index in [0.717, 1.165) is 5.56 Å². The maximum absolute atomic E-state index is 12.5. The van der Waals surface area contributed by atoms with Crippen LogP contribution in [0.1, 0.15) is 41.1 Å². The number of amides is 1. The molecule has 6 nitrogen and oxygen atoms in total. The highest BCUT2D eigenvalue weighted by molar-refractivity contribution is 5.93. The van der Waals surface area contributed by atoms with Crippen LogP contribution in [0, 0.1) is 13.8 Å². The van der Waals surface area contributed by atoms with Crippen molar-refractivity contribution in [3.05, 3.63) is 69.3 Å². The van der Waals surface area contributed by atoms with Crippen LogP contribution in [0.4, 0.5) is 0 Å². The lowest BCUT2D eigenvalue weighted by Gasteiger charge is -2.26. The monoisotopic (exact) mass is 357 g/mol. The first kappa shape index (κ1) is 19.4. The molecule has 0 atom stereocenters. The quantitative estimate of drug-likeness (QED) is 0.743. The highest BCUT2D eigenvalue weighted by Gasteiger charge is 2.22. The molecule has 0 unspecified atom stereocenters. The van der Waals surface area contributed by atoms with Crippen molar-refractivity contribution in [1.29, 1.82) is 0 Å². The first-order chi connectivity index (χ1) is 12.3. The second-order valence-corrected chi connectivity index (χ2v) is 6.36. The summed E-state index contributed by atoms with van der Waals surface area (Å²) in [6, 6.07) is 10.8. The molecule has 2 rings (SSSR count). The first-order valence-electron chi connectivity index (χ1n) is 8.41. The second-order valence-electron chi connectivity index (χ2n) is 6.36. The Morgan fingerprint density at radius 3 is 2.38 bits per heavy atom. The van der Waals surface area contributed by atoms with Crippen molar-refractivity contribution in [2.75, 3.05) is 6.61 Å². The molecule has 1 heterocycles. The van der Waals surface area contributed by atoms with Gasteiger partial charge in [0, 0.05) is 18.7 Å². The van der Waals surface area contributed by atoms with Crippen LogP contribution in [-0.2, 0) is 16.1 Å². The van der Waals surface area contributed by atoms with Gasteiger partial charge in [-0.25, -0.2) is 9.59 Å². The average Bonchev–Trinajstić information content (AvgIpc) is 2.57. The molecule has 138 valence electrons. The molecule has 0 aliphatic heterocycles. The maximum Gasteiger partial charge on any atom is 0.342 e. The van der Waals surface area contributed by atoms with Crippen molar-refractivity contribution in [1.82, 2.24) is 4.90 Å². The van der Waals surface area contributed by atoms with Crippen LogP contribution in [0.2, 0.25) is 0 Å². The number of aryl methyl sites for hydroxylation is 2. The van der Waals surface area contributed by atoms with E-state index in [9.17, 15) is 14.4 Å². The number of carbonyl (C=O) groups excluding carboxylic acids is 2. The Bertz CT molecular complexity index is 813. The third-order valence-electron chi connectivity index (χ3n) is 4.00. The number of benzene rings is 1. The van der Waals surface area contributed by atoms with E-state index in [0.29, 0.717) is 12.1 Å². The molecule has 1 aromatic heterocycles. The Kier molecular flexibility index (Phi) is 6.33. The molecule has 0 saturated heterocycles. The van der Waals surface area contributed by atoms with Crippen LogP contribution in [0.15, 0.2) is 45.6 Å². The van der Waals surface area contributed by atoms with E-state index in [1.165, 1.54) is 13.0 Å². The topological polar surface area (TPSA) is 76.8 Å². The van der Waals surface area contributed by atoms with Gasteiger partial charge >= 0.3 is 11.6 Å². The largest absolute Gasteiger partial charge is 0.452 e. The molecule has 1 amide bonds. The SMILES string of the molecule is Cc1cc(=O)oc(C)c1C(=O)OCC(=O)N(Cc1ccccc1)C(C)C. The minimum Gasteiger partial charge on any atom is -0.452 e. The van der Waals surface area contributed by atoms with Crippen LogP contribution < -0.4 is 5.63 Å². The van der Waals surface area contributed by atoms with Gasteiger partial charge in [0.1, 0.15) is 11.3 Å². The van der Waals surface area contributed by atoms with Crippen LogP contribution in [0.25, 0.3) is 0 Å². The molecule has 0 bridgehead atoms. The van der Waals surface area contributed by atoms with Gasteiger partial charge in [-0.2, -0.15) is 0 Å². The van der Waals surface area contributed by atoms with Crippen LogP contribution >= 0.6 is 0 Å². The lowest BCUT2D eigenvalue weighted by molar-refractivity contribution is -0.136. The smallest absolute Gasteiger partial charge is 0.342 e. The summed E-state index contributed by atoms with van der Waals surface area (Å²) in [5.41, 5.74) is 1.11. The summed E-state index contributed by atoms with van der Waals surface area (Å²) in [4.78, 5) is 37.8. The fourth-order valence-electron chi connectivity index (χ4n) is 2.68. The zero-order valence-corrected chi connectivity index (χ0v) is 15.4. The molecule has 26 heavy (non-hydrogen) atoms. The standard InChI is InChI=1S/C20H23NO5/c1-13(2)21(11-16-8-6-5-7-9-16)17(22)12-25-20(24)19-14(3)10-18(23)26-15(19)4/h5-10,13H,11-12H2,1-4H3. The Morgan fingerprint density at radius 1 is 1.15 bits per heavy atom. The lowest BCUT2D eigenvalue weighted by Crippen LogP contribution is -2.39. The van der Waals surface area contributed by atoms with Gasteiger partial charge in [0.15, 0.2) is 6.61 Å². The summed E-state index contributed by atoms with van der Waals surface area (Å²) < 4.78 is 10.1. The van der Waals surface area contributed by atoms with Crippen LogP contribution in [-0.4, -0.2) is 29.4 Å². The van der Waals surface area contributed by atoms with Crippen molar-refractivity contribution < 1.29 is 18.7 Å². The van der Waals surface area contributed by atoms with Gasteiger partial charge in [-0.1, -0.05) is 30.3 Å². The van der Waals surface area contributed by atoms with Crippen molar-refractivity contribution in [2.24, 2.45) is 0 Å². The average molecular weight is 357 g/mol. The number of ether oxygens (including phenoxy) is 1. The molecule has 0 N–H and O–H groups in total. The van der Waals surface area contributed by atoms with Crippen molar-refractivity contribution >= 4 is 11.9 Å². The summed E-state index contributed by atoms with van der Waals surface area (Å²) in [7, 11) is 0. The normalized spacial score (nSPS) is 10.7. The van der Waals surface area contributed by atoms with Crippen LogP contribution in [0.5, 0.6) is 0 Å². The third-order valence-corrected chi connectivity index (χ3v) is 4.00. The third kappa shape index (κ3) is 4.81.